The molecule has 2 atom stereocenters. The molecule has 0 aliphatic carbocycles. The van der Waals surface area contributed by atoms with Gasteiger partial charge < -0.3 is 4.43 Å². The molecule has 0 amide bonds. The van der Waals surface area contributed by atoms with Crippen molar-refractivity contribution in [3.05, 3.63) is 35.4 Å². The molecule has 1 heterocycles. The van der Waals surface area contributed by atoms with Crippen molar-refractivity contribution in [2.24, 2.45) is 0 Å². The van der Waals surface area contributed by atoms with Crippen LogP contribution in [-0.4, -0.2) is 22.4 Å². The minimum absolute atomic E-state index is 0.0432. The monoisotopic (exact) mass is 272 g/mol. The van der Waals surface area contributed by atoms with Gasteiger partial charge in [0, 0.05) is 6.42 Å². The first-order valence-electron chi connectivity index (χ1n) is 6.06. The van der Waals surface area contributed by atoms with Crippen molar-refractivity contribution in [1.29, 1.82) is 0 Å². The van der Waals surface area contributed by atoms with Crippen molar-refractivity contribution >= 4 is 9.76 Å². The third kappa shape index (κ3) is 3.59. The lowest BCUT2D eigenvalue weighted by Gasteiger charge is -2.23. The Labute approximate surface area is 107 Å². The summed E-state index contributed by atoms with van der Waals surface area (Å²) >= 11 is 0. The fourth-order valence-corrected chi connectivity index (χ4v) is 2.97. The van der Waals surface area contributed by atoms with Gasteiger partial charge in [0.05, 0.1) is 6.10 Å². The average Bonchev–Trinajstić information content (AvgIpc) is 2.40. The molecule has 1 nitrogen and oxygen atoms in total. The molecule has 0 bridgehead atoms. The molecule has 0 saturated carbocycles. The van der Waals surface area contributed by atoms with Crippen LogP contribution in [0, 0.1) is 0 Å². The van der Waals surface area contributed by atoms with Gasteiger partial charge in [-0.3, -0.25) is 0 Å². The van der Waals surface area contributed by atoms with E-state index in [2.05, 4.69) is 0 Å². The molecule has 0 spiro atoms. The van der Waals surface area contributed by atoms with E-state index in [4.69, 9.17) is 4.43 Å². The summed E-state index contributed by atoms with van der Waals surface area (Å²) in [6, 6.07) is 8.26. The third-order valence-electron chi connectivity index (χ3n) is 3.00. The maximum Gasteiger partial charge on any atom is 0.269 e. The molecule has 2 rings (SSSR count). The molecule has 2 radical (unpaired) electrons. The largest absolute Gasteiger partial charge is 0.411 e. The minimum atomic E-state index is -2.92. The van der Waals surface area contributed by atoms with E-state index in [1.807, 2.05) is 6.07 Å². The first-order chi connectivity index (χ1) is 8.66. The zero-order valence-electron chi connectivity index (χ0n) is 9.91. The van der Waals surface area contributed by atoms with Gasteiger partial charge in [-0.1, -0.05) is 30.7 Å². The Morgan fingerprint density at radius 1 is 1.33 bits per heavy atom. The third-order valence-corrected chi connectivity index (χ3v) is 4.01. The SMILES string of the molecule is FC(F)C(F)Cc1cccc(C2CCC[Si]O2)c1. The lowest BCUT2D eigenvalue weighted by molar-refractivity contribution is 0.0503. The minimum Gasteiger partial charge on any atom is -0.411 e. The van der Waals surface area contributed by atoms with Gasteiger partial charge >= 0.3 is 0 Å². The molecule has 1 fully saturated rings. The average molecular weight is 272 g/mol. The van der Waals surface area contributed by atoms with Crippen LogP contribution in [0.25, 0.3) is 0 Å². The first-order valence-corrected chi connectivity index (χ1v) is 7.18. The molecule has 2 unspecified atom stereocenters. The highest BCUT2D eigenvalue weighted by atomic mass is 28.2. The van der Waals surface area contributed by atoms with E-state index in [1.54, 1.807) is 18.2 Å². The van der Waals surface area contributed by atoms with E-state index >= 15 is 0 Å². The number of hydrogen-bond acceptors (Lipinski definition) is 1. The van der Waals surface area contributed by atoms with Crippen LogP contribution >= 0.6 is 0 Å². The second-order valence-corrected chi connectivity index (χ2v) is 5.47. The molecule has 98 valence electrons. The lowest BCUT2D eigenvalue weighted by Crippen LogP contribution is -2.16. The highest BCUT2D eigenvalue weighted by Gasteiger charge is 2.21. The van der Waals surface area contributed by atoms with Crippen LogP contribution in [0.3, 0.4) is 0 Å². The van der Waals surface area contributed by atoms with E-state index in [-0.39, 0.29) is 12.5 Å². The summed E-state index contributed by atoms with van der Waals surface area (Å²) in [4.78, 5) is 0. The van der Waals surface area contributed by atoms with Crippen LogP contribution in [0.15, 0.2) is 24.3 Å². The Hall–Kier alpha value is -0.813. The first kappa shape index (κ1) is 13.6. The Balaban J connectivity index is 2.04. The van der Waals surface area contributed by atoms with Gasteiger partial charge in [0.15, 0.2) is 6.17 Å². The summed E-state index contributed by atoms with van der Waals surface area (Å²) in [7, 11) is 0.502. The van der Waals surface area contributed by atoms with Crippen molar-refractivity contribution in [3.63, 3.8) is 0 Å². The second-order valence-electron chi connectivity index (χ2n) is 4.44. The Morgan fingerprint density at radius 2 is 2.17 bits per heavy atom. The maximum atomic E-state index is 13.0. The van der Waals surface area contributed by atoms with Gasteiger partial charge in [0.2, 0.25) is 9.76 Å². The van der Waals surface area contributed by atoms with Crippen molar-refractivity contribution in [2.45, 2.75) is 44.0 Å². The number of hydrogen-bond donors (Lipinski definition) is 0. The van der Waals surface area contributed by atoms with Crippen molar-refractivity contribution < 1.29 is 17.6 Å². The number of alkyl halides is 3. The zero-order valence-corrected chi connectivity index (χ0v) is 10.9. The molecule has 1 saturated heterocycles. The topological polar surface area (TPSA) is 9.23 Å². The Morgan fingerprint density at radius 3 is 2.83 bits per heavy atom. The summed E-state index contributed by atoms with van der Waals surface area (Å²) in [6.07, 6.45) is -3.13. The van der Waals surface area contributed by atoms with Gasteiger partial charge in [-0.05, 0) is 23.6 Å². The van der Waals surface area contributed by atoms with Crippen LogP contribution in [0.2, 0.25) is 6.04 Å². The van der Waals surface area contributed by atoms with Gasteiger partial charge in [0.1, 0.15) is 0 Å². The molecule has 5 heteroatoms. The quantitative estimate of drug-likeness (QED) is 0.759. The van der Waals surface area contributed by atoms with Crippen LogP contribution in [0.1, 0.15) is 30.1 Å². The van der Waals surface area contributed by atoms with Gasteiger partial charge in [-0.25, -0.2) is 13.2 Å². The smallest absolute Gasteiger partial charge is 0.269 e. The number of rotatable bonds is 4. The fourth-order valence-electron chi connectivity index (χ4n) is 2.05. The molecular weight excluding hydrogens is 257 g/mol. The summed E-state index contributed by atoms with van der Waals surface area (Å²) in [5.74, 6) is 0. The van der Waals surface area contributed by atoms with Crippen LogP contribution < -0.4 is 0 Å². The van der Waals surface area contributed by atoms with E-state index in [0.717, 1.165) is 24.4 Å². The molecular formula is C13H15F3OSi. The van der Waals surface area contributed by atoms with E-state index in [1.165, 1.54) is 0 Å². The molecule has 1 aliphatic rings. The van der Waals surface area contributed by atoms with Crippen molar-refractivity contribution in [1.82, 2.24) is 0 Å². The number of benzene rings is 1. The van der Waals surface area contributed by atoms with Crippen molar-refractivity contribution in [2.75, 3.05) is 0 Å². The molecule has 1 aromatic carbocycles. The highest BCUT2D eigenvalue weighted by Crippen LogP contribution is 2.28. The highest BCUT2D eigenvalue weighted by molar-refractivity contribution is 6.27. The normalized spacial score (nSPS) is 22.1. The van der Waals surface area contributed by atoms with Crippen LogP contribution in [0.4, 0.5) is 13.2 Å². The van der Waals surface area contributed by atoms with Gasteiger partial charge in [0.25, 0.3) is 6.43 Å². The van der Waals surface area contributed by atoms with Gasteiger partial charge in [-0.15, -0.1) is 0 Å². The standard InChI is InChI=1S/C13H15F3OSi/c14-11(13(15)16)8-9-3-1-4-10(7-9)12-5-2-6-18-17-12/h1,3-4,7,11-13H,2,5-6,8H2. The molecule has 1 aromatic rings. The fraction of sp³-hybridized carbons (Fsp3) is 0.538. The molecule has 0 aromatic heterocycles. The van der Waals surface area contributed by atoms with E-state index < -0.39 is 12.6 Å². The summed E-state index contributed by atoms with van der Waals surface area (Å²) in [6.45, 7) is 0. The molecule has 18 heavy (non-hydrogen) atoms. The zero-order chi connectivity index (χ0) is 13.0. The Kier molecular flexibility index (Phi) is 4.83. The second kappa shape index (κ2) is 6.38. The Bertz CT molecular complexity index is 380. The van der Waals surface area contributed by atoms with Gasteiger partial charge in [-0.2, -0.15) is 0 Å². The van der Waals surface area contributed by atoms with Crippen LogP contribution in [0.5, 0.6) is 0 Å². The predicted molar refractivity (Wildman–Crippen MR) is 64.7 cm³/mol. The lowest BCUT2D eigenvalue weighted by atomic mass is 10.0. The van der Waals surface area contributed by atoms with Crippen molar-refractivity contribution in [3.8, 4) is 0 Å². The summed E-state index contributed by atoms with van der Waals surface area (Å²) in [5.41, 5.74) is 1.58. The summed E-state index contributed by atoms with van der Waals surface area (Å²) in [5, 5.41) is 0. The summed E-state index contributed by atoms with van der Waals surface area (Å²) < 4.78 is 43.0. The van der Waals surface area contributed by atoms with Crippen LogP contribution in [-0.2, 0) is 10.8 Å². The van der Waals surface area contributed by atoms with E-state index in [9.17, 15) is 13.2 Å². The number of halogens is 3. The molecule has 1 aliphatic heterocycles. The van der Waals surface area contributed by atoms with E-state index in [0.29, 0.717) is 15.3 Å². The predicted octanol–water partition coefficient (Wildman–Crippen LogP) is 3.72. The maximum absolute atomic E-state index is 13.0. The molecule has 0 N–H and O–H groups in total.